The molecule has 4 aromatic rings. The summed E-state index contributed by atoms with van der Waals surface area (Å²) in [7, 11) is 0. The second-order valence-corrected chi connectivity index (χ2v) is 10.5. The minimum Gasteiger partial charge on any atom is -0.481 e. The van der Waals surface area contributed by atoms with Crippen LogP contribution in [0.2, 0.25) is 5.02 Å². The standard InChI is InChI=1S/C29H23BrClN3O4/c30-19-8-6-18(7-9-19)25-16-24(33-34(25)26(35)12-13-27(36)37)28-22(14-17-4-2-1-3-5-17)21-15-20(31)10-11-23(21)32-29(28)38/h1-11,15,25H,12-14,16H2,(H,32,38)(H,36,37). The summed E-state index contributed by atoms with van der Waals surface area (Å²) < 4.78 is 0.886. The summed E-state index contributed by atoms with van der Waals surface area (Å²) in [6.07, 6.45) is 0.268. The highest BCUT2D eigenvalue weighted by Crippen LogP contribution is 2.35. The number of halogens is 2. The number of aromatic amines is 1. The summed E-state index contributed by atoms with van der Waals surface area (Å²) >= 11 is 9.80. The number of nitrogens with zero attached hydrogens (tertiary/aromatic N) is 2. The van der Waals surface area contributed by atoms with Crippen molar-refractivity contribution in [2.75, 3.05) is 0 Å². The van der Waals surface area contributed by atoms with Gasteiger partial charge >= 0.3 is 5.97 Å². The average molecular weight is 593 g/mol. The van der Waals surface area contributed by atoms with Gasteiger partial charge in [-0.2, -0.15) is 5.10 Å². The van der Waals surface area contributed by atoms with Gasteiger partial charge in [0.1, 0.15) is 0 Å². The minimum atomic E-state index is -1.06. The molecule has 38 heavy (non-hydrogen) atoms. The summed E-state index contributed by atoms with van der Waals surface area (Å²) in [5.41, 5.74) is 3.84. The number of nitrogens with one attached hydrogen (secondary N) is 1. The van der Waals surface area contributed by atoms with Gasteiger partial charge in [-0.25, -0.2) is 5.01 Å². The van der Waals surface area contributed by atoms with Crippen molar-refractivity contribution in [1.82, 2.24) is 9.99 Å². The molecule has 1 aromatic heterocycles. The van der Waals surface area contributed by atoms with Crippen LogP contribution in [0.25, 0.3) is 10.9 Å². The van der Waals surface area contributed by atoms with Gasteiger partial charge in [-0.15, -0.1) is 0 Å². The Labute approximate surface area is 231 Å². The van der Waals surface area contributed by atoms with Crippen molar-refractivity contribution in [2.24, 2.45) is 5.10 Å². The van der Waals surface area contributed by atoms with Crippen molar-refractivity contribution in [2.45, 2.75) is 31.7 Å². The molecule has 0 spiro atoms. The Morgan fingerprint density at radius 3 is 2.50 bits per heavy atom. The van der Waals surface area contributed by atoms with Crippen LogP contribution < -0.4 is 5.56 Å². The summed E-state index contributed by atoms with van der Waals surface area (Å²) in [4.78, 5) is 40.8. The molecule has 0 radical (unpaired) electrons. The van der Waals surface area contributed by atoms with Gasteiger partial charge in [0.25, 0.3) is 5.56 Å². The first-order chi connectivity index (χ1) is 18.3. The van der Waals surface area contributed by atoms with Gasteiger partial charge in [0, 0.05) is 33.2 Å². The molecule has 2 N–H and O–H groups in total. The number of aromatic nitrogens is 1. The number of carboxylic acids is 1. The van der Waals surface area contributed by atoms with Crippen molar-refractivity contribution >= 4 is 56.0 Å². The predicted molar refractivity (Wildman–Crippen MR) is 151 cm³/mol. The monoisotopic (exact) mass is 591 g/mol. The molecule has 1 atom stereocenters. The van der Waals surface area contributed by atoms with E-state index < -0.39 is 17.9 Å². The fourth-order valence-corrected chi connectivity index (χ4v) is 5.22. The van der Waals surface area contributed by atoms with Gasteiger partial charge in [-0.1, -0.05) is 70.0 Å². The highest BCUT2D eigenvalue weighted by Gasteiger charge is 2.35. The molecular weight excluding hydrogens is 570 g/mol. The van der Waals surface area contributed by atoms with E-state index in [9.17, 15) is 14.4 Å². The third-order valence-corrected chi connectivity index (χ3v) is 7.33. The topological polar surface area (TPSA) is 103 Å². The number of carbonyl (C=O) groups is 2. The van der Waals surface area contributed by atoms with E-state index in [0.29, 0.717) is 34.7 Å². The molecule has 0 aliphatic carbocycles. The van der Waals surface area contributed by atoms with Crippen LogP contribution in [0.5, 0.6) is 0 Å². The number of aliphatic carboxylic acids is 1. The van der Waals surface area contributed by atoms with Gasteiger partial charge in [0.05, 0.1) is 23.7 Å². The zero-order valence-electron chi connectivity index (χ0n) is 20.2. The molecule has 0 saturated carbocycles. The smallest absolute Gasteiger partial charge is 0.303 e. The molecule has 0 fully saturated rings. The number of H-pyrrole nitrogens is 1. The number of benzene rings is 3. The first-order valence-electron chi connectivity index (χ1n) is 12.1. The molecule has 1 aliphatic heterocycles. The van der Waals surface area contributed by atoms with Gasteiger partial charge < -0.3 is 10.1 Å². The van der Waals surface area contributed by atoms with E-state index in [4.69, 9.17) is 16.7 Å². The lowest BCUT2D eigenvalue weighted by Crippen LogP contribution is -2.27. The lowest BCUT2D eigenvalue weighted by atomic mass is 9.91. The number of carbonyl (C=O) groups excluding carboxylic acids is 1. The van der Waals surface area contributed by atoms with E-state index in [-0.39, 0.29) is 18.4 Å². The van der Waals surface area contributed by atoms with Crippen molar-refractivity contribution in [1.29, 1.82) is 0 Å². The van der Waals surface area contributed by atoms with E-state index in [2.05, 4.69) is 26.0 Å². The molecule has 7 nitrogen and oxygen atoms in total. The maximum atomic E-state index is 13.5. The van der Waals surface area contributed by atoms with Crippen LogP contribution in [-0.4, -0.2) is 32.7 Å². The summed E-state index contributed by atoms with van der Waals surface area (Å²) in [6, 6.07) is 22.2. The zero-order valence-corrected chi connectivity index (χ0v) is 22.5. The maximum Gasteiger partial charge on any atom is 0.303 e. The molecule has 3 aromatic carbocycles. The fourth-order valence-electron chi connectivity index (χ4n) is 4.78. The van der Waals surface area contributed by atoms with Crippen LogP contribution in [0.1, 0.15) is 47.6 Å². The van der Waals surface area contributed by atoms with Gasteiger partial charge in [0.2, 0.25) is 5.91 Å². The second kappa shape index (κ2) is 10.9. The number of hydrogen-bond donors (Lipinski definition) is 2. The van der Waals surface area contributed by atoms with Crippen LogP contribution in [0.15, 0.2) is 87.2 Å². The molecule has 0 saturated heterocycles. The molecule has 2 heterocycles. The van der Waals surface area contributed by atoms with Crippen LogP contribution in [0.3, 0.4) is 0 Å². The SMILES string of the molecule is O=C(O)CCC(=O)N1N=C(c2c(Cc3ccccc3)c3cc(Cl)ccc3[nH]c2=O)CC1c1ccc(Br)cc1. The lowest BCUT2D eigenvalue weighted by Gasteiger charge is -2.22. The van der Waals surface area contributed by atoms with Gasteiger partial charge in [-0.3, -0.25) is 14.4 Å². The predicted octanol–water partition coefficient (Wildman–Crippen LogP) is 6.08. The van der Waals surface area contributed by atoms with Crippen LogP contribution in [0, 0.1) is 0 Å². The summed E-state index contributed by atoms with van der Waals surface area (Å²) in [5.74, 6) is -1.48. The Hall–Kier alpha value is -3.75. The third kappa shape index (κ3) is 5.42. The van der Waals surface area contributed by atoms with Crippen molar-refractivity contribution < 1.29 is 14.7 Å². The Morgan fingerprint density at radius 1 is 1.05 bits per heavy atom. The Balaban J connectivity index is 1.65. The second-order valence-electron chi connectivity index (χ2n) is 9.11. The number of pyridine rings is 1. The maximum absolute atomic E-state index is 13.5. The first kappa shape index (κ1) is 25.9. The Morgan fingerprint density at radius 2 is 1.79 bits per heavy atom. The van der Waals surface area contributed by atoms with Crippen LogP contribution in [0.4, 0.5) is 0 Å². The van der Waals surface area contributed by atoms with E-state index in [0.717, 1.165) is 26.5 Å². The Bertz CT molecular complexity index is 1620. The highest BCUT2D eigenvalue weighted by atomic mass is 79.9. The first-order valence-corrected chi connectivity index (χ1v) is 13.2. The van der Waals surface area contributed by atoms with Crippen molar-refractivity contribution in [3.8, 4) is 0 Å². The Kier molecular flexibility index (Phi) is 7.44. The number of rotatable bonds is 7. The summed E-state index contributed by atoms with van der Waals surface area (Å²) in [5, 5.41) is 16.4. The number of amides is 1. The van der Waals surface area contributed by atoms with E-state index >= 15 is 0 Å². The van der Waals surface area contributed by atoms with Crippen molar-refractivity contribution in [3.05, 3.63) is 115 Å². The average Bonchev–Trinajstić information content (AvgIpc) is 3.33. The molecule has 1 aliphatic rings. The molecule has 192 valence electrons. The quantitative estimate of drug-likeness (QED) is 0.272. The fraction of sp³-hybridized carbons (Fsp3) is 0.172. The molecule has 9 heteroatoms. The third-order valence-electron chi connectivity index (χ3n) is 6.57. The molecule has 1 amide bonds. The number of carboxylic acid groups (broad SMARTS) is 1. The highest BCUT2D eigenvalue weighted by molar-refractivity contribution is 9.10. The normalized spacial score (nSPS) is 15.1. The summed E-state index contributed by atoms with van der Waals surface area (Å²) in [6.45, 7) is 0. The number of hydrazone groups is 1. The van der Waals surface area contributed by atoms with E-state index in [1.165, 1.54) is 5.01 Å². The number of fused-ring (bicyclic) bond motifs is 1. The minimum absolute atomic E-state index is 0.195. The zero-order chi connectivity index (χ0) is 26.8. The van der Waals surface area contributed by atoms with E-state index in [1.54, 1.807) is 12.1 Å². The molecule has 0 bridgehead atoms. The van der Waals surface area contributed by atoms with Gasteiger partial charge in [-0.05, 0) is 53.4 Å². The molecular formula is C29H23BrClN3O4. The van der Waals surface area contributed by atoms with E-state index in [1.807, 2.05) is 60.7 Å². The molecule has 5 rings (SSSR count). The van der Waals surface area contributed by atoms with Crippen molar-refractivity contribution in [3.63, 3.8) is 0 Å². The number of hydrogen-bond acceptors (Lipinski definition) is 4. The largest absolute Gasteiger partial charge is 0.481 e. The van der Waals surface area contributed by atoms with Crippen LogP contribution in [-0.2, 0) is 16.0 Å². The lowest BCUT2D eigenvalue weighted by molar-refractivity contribution is -0.141. The molecule has 1 unspecified atom stereocenters. The van der Waals surface area contributed by atoms with Crippen LogP contribution >= 0.6 is 27.5 Å². The van der Waals surface area contributed by atoms with Gasteiger partial charge in [0.15, 0.2) is 0 Å².